The average Bonchev–Trinajstić information content (AvgIpc) is 2.66. The first-order valence-electron chi connectivity index (χ1n) is 3.08. The van der Waals surface area contributed by atoms with Crippen molar-refractivity contribution < 1.29 is 9.90 Å². The highest BCUT2D eigenvalue weighted by Crippen LogP contribution is 2.46. The number of carbonyl (C=O) groups excluding carboxylic acids is 1. The van der Waals surface area contributed by atoms with Crippen LogP contribution in [0.5, 0.6) is 0 Å². The number of hydrogen-bond donors (Lipinski definition) is 2. The van der Waals surface area contributed by atoms with E-state index in [2.05, 4.69) is 0 Å². The van der Waals surface area contributed by atoms with E-state index in [9.17, 15) is 4.79 Å². The van der Waals surface area contributed by atoms with E-state index >= 15 is 0 Å². The van der Waals surface area contributed by atoms with Gasteiger partial charge in [-0.2, -0.15) is 0 Å². The zero-order chi connectivity index (χ0) is 6.91. The highest BCUT2D eigenvalue weighted by molar-refractivity contribution is 5.58. The summed E-state index contributed by atoms with van der Waals surface area (Å²) in [6.45, 7) is 0.424. The van der Waals surface area contributed by atoms with Gasteiger partial charge in [-0.05, 0) is 12.8 Å². The van der Waals surface area contributed by atoms with Gasteiger partial charge in [0.25, 0.3) is 0 Å². The molecule has 0 aromatic rings. The molecule has 1 saturated carbocycles. The monoisotopic (exact) mass is 129 g/mol. The summed E-state index contributed by atoms with van der Waals surface area (Å²) < 4.78 is 0. The first-order valence-corrected chi connectivity index (χ1v) is 3.08. The summed E-state index contributed by atoms with van der Waals surface area (Å²) >= 11 is 0. The van der Waals surface area contributed by atoms with Gasteiger partial charge in [0.2, 0.25) is 0 Å². The zero-order valence-corrected chi connectivity index (χ0v) is 5.21. The van der Waals surface area contributed by atoms with Crippen LogP contribution in [0, 0.1) is 5.41 Å². The van der Waals surface area contributed by atoms with Gasteiger partial charge >= 0.3 is 0 Å². The van der Waals surface area contributed by atoms with Crippen molar-refractivity contribution in [3.63, 3.8) is 0 Å². The number of hydrogen-bond acceptors (Lipinski definition) is 3. The molecule has 0 aliphatic heterocycles. The second-order valence-electron chi connectivity index (χ2n) is 2.65. The van der Waals surface area contributed by atoms with E-state index in [1.807, 2.05) is 0 Å². The van der Waals surface area contributed by atoms with Crippen molar-refractivity contribution in [3.05, 3.63) is 0 Å². The van der Waals surface area contributed by atoms with E-state index in [1.165, 1.54) is 0 Å². The van der Waals surface area contributed by atoms with E-state index in [-0.39, 0.29) is 5.41 Å². The van der Waals surface area contributed by atoms with Gasteiger partial charge in [-0.3, -0.25) is 0 Å². The molecule has 9 heavy (non-hydrogen) atoms. The van der Waals surface area contributed by atoms with E-state index in [0.29, 0.717) is 12.8 Å². The summed E-state index contributed by atoms with van der Waals surface area (Å²) in [5.74, 6) is 0. The van der Waals surface area contributed by atoms with Crippen LogP contribution < -0.4 is 5.73 Å². The number of carbonyl (C=O) groups is 1. The molecule has 1 aliphatic rings. The van der Waals surface area contributed by atoms with Crippen LogP contribution in [0.25, 0.3) is 0 Å². The van der Waals surface area contributed by atoms with E-state index < -0.39 is 6.10 Å². The van der Waals surface area contributed by atoms with Crippen LogP contribution in [-0.4, -0.2) is 24.0 Å². The Morgan fingerprint density at radius 1 is 1.78 bits per heavy atom. The van der Waals surface area contributed by atoms with Crippen molar-refractivity contribution >= 4 is 6.29 Å². The highest BCUT2D eigenvalue weighted by atomic mass is 16.3. The van der Waals surface area contributed by atoms with Crippen molar-refractivity contribution in [3.8, 4) is 0 Å². The van der Waals surface area contributed by atoms with E-state index in [1.54, 1.807) is 0 Å². The van der Waals surface area contributed by atoms with Crippen molar-refractivity contribution in [1.29, 1.82) is 0 Å². The Morgan fingerprint density at radius 2 is 2.33 bits per heavy atom. The fourth-order valence-electron chi connectivity index (χ4n) is 0.926. The van der Waals surface area contributed by atoms with Crippen molar-refractivity contribution in [2.24, 2.45) is 11.1 Å². The summed E-state index contributed by atoms with van der Waals surface area (Å²) in [5, 5.41) is 9.00. The second-order valence-corrected chi connectivity index (χ2v) is 2.65. The zero-order valence-electron chi connectivity index (χ0n) is 5.21. The van der Waals surface area contributed by atoms with E-state index in [0.717, 1.165) is 12.8 Å². The number of nitrogens with two attached hydrogens (primary N) is 1. The molecule has 52 valence electrons. The third kappa shape index (κ3) is 0.976. The van der Waals surface area contributed by atoms with Crippen LogP contribution >= 0.6 is 0 Å². The summed E-state index contributed by atoms with van der Waals surface area (Å²) in [6.07, 6.45) is 1.52. The predicted molar refractivity (Wildman–Crippen MR) is 32.8 cm³/mol. The molecular formula is C6H11NO2. The van der Waals surface area contributed by atoms with Crippen LogP contribution in [0.3, 0.4) is 0 Å². The summed E-state index contributed by atoms with van der Waals surface area (Å²) in [7, 11) is 0. The topological polar surface area (TPSA) is 63.3 Å². The maximum absolute atomic E-state index is 10.0. The smallest absolute Gasteiger partial charge is 0.149 e. The lowest BCUT2D eigenvalue weighted by Gasteiger charge is -2.13. The molecule has 0 amide bonds. The Kier molecular flexibility index (Phi) is 1.55. The van der Waals surface area contributed by atoms with Gasteiger partial charge in [0.15, 0.2) is 0 Å². The quantitative estimate of drug-likeness (QED) is 0.494. The second kappa shape index (κ2) is 2.08. The number of aldehydes is 1. The molecule has 1 rings (SSSR count). The minimum Gasteiger partial charge on any atom is -0.385 e. The minimum atomic E-state index is -0.831. The third-order valence-corrected chi connectivity index (χ3v) is 2.06. The summed E-state index contributed by atoms with van der Waals surface area (Å²) in [4.78, 5) is 10.0. The Hall–Kier alpha value is -0.410. The van der Waals surface area contributed by atoms with Crippen LogP contribution in [-0.2, 0) is 4.79 Å². The Labute approximate surface area is 53.9 Å². The van der Waals surface area contributed by atoms with Crippen LogP contribution in [0.15, 0.2) is 0 Å². The molecule has 3 nitrogen and oxygen atoms in total. The summed E-state index contributed by atoms with van der Waals surface area (Å²) in [6, 6.07) is 0. The lowest BCUT2D eigenvalue weighted by molar-refractivity contribution is -0.117. The Bertz CT molecular complexity index is 120. The molecule has 3 heteroatoms. The summed E-state index contributed by atoms with van der Waals surface area (Å²) in [5.41, 5.74) is 5.09. The average molecular weight is 129 g/mol. The molecule has 1 aliphatic carbocycles. The van der Waals surface area contributed by atoms with Crippen LogP contribution in [0.1, 0.15) is 12.8 Å². The van der Waals surface area contributed by atoms with Crippen molar-refractivity contribution in [1.82, 2.24) is 0 Å². The number of aliphatic hydroxyl groups is 1. The molecular weight excluding hydrogens is 118 g/mol. The van der Waals surface area contributed by atoms with Gasteiger partial charge in [-0.25, -0.2) is 0 Å². The normalized spacial score (nSPS) is 25.1. The third-order valence-electron chi connectivity index (χ3n) is 2.06. The first kappa shape index (κ1) is 6.71. The van der Waals surface area contributed by atoms with Gasteiger partial charge in [0.1, 0.15) is 12.4 Å². The van der Waals surface area contributed by atoms with Crippen molar-refractivity contribution in [2.75, 3.05) is 6.54 Å². The van der Waals surface area contributed by atoms with Gasteiger partial charge in [-0.15, -0.1) is 0 Å². The lowest BCUT2D eigenvalue weighted by Crippen LogP contribution is -2.30. The minimum absolute atomic E-state index is 0.234. The molecule has 0 radical (unpaired) electrons. The molecule has 1 fully saturated rings. The van der Waals surface area contributed by atoms with Gasteiger partial charge in [-0.1, -0.05) is 0 Å². The highest BCUT2D eigenvalue weighted by Gasteiger charge is 2.47. The predicted octanol–water partition coefficient (Wildman–Crippen LogP) is -0.715. The maximum atomic E-state index is 10.0. The Balaban J connectivity index is 2.48. The molecule has 1 atom stereocenters. The fourth-order valence-corrected chi connectivity index (χ4v) is 0.926. The largest absolute Gasteiger partial charge is 0.385 e. The molecule has 0 saturated heterocycles. The SMILES string of the molecule is NCC1(C(O)C=O)CC1. The van der Waals surface area contributed by atoms with Crippen LogP contribution in [0.4, 0.5) is 0 Å². The molecule has 0 heterocycles. The lowest BCUT2D eigenvalue weighted by atomic mass is 10.0. The molecule has 0 bridgehead atoms. The molecule has 1 unspecified atom stereocenters. The van der Waals surface area contributed by atoms with Crippen LogP contribution in [0.2, 0.25) is 0 Å². The molecule has 0 aromatic heterocycles. The van der Waals surface area contributed by atoms with Crippen molar-refractivity contribution in [2.45, 2.75) is 18.9 Å². The molecule has 0 aromatic carbocycles. The molecule has 3 N–H and O–H groups in total. The van der Waals surface area contributed by atoms with E-state index in [4.69, 9.17) is 10.8 Å². The Morgan fingerprint density at radius 3 is 2.44 bits per heavy atom. The van der Waals surface area contributed by atoms with Gasteiger partial charge in [0.05, 0.1) is 0 Å². The fraction of sp³-hybridized carbons (Fsp3) is 0.833. The molecule has 0 spiro atoms. The van der Waals surface area contributed by atoms with Gasteiger partial charge in [0, 0.05) is 12.0 Å². The maximum Gasteiger partial charge on any atom is 0.149 e. The standard InChI is InChI=1S/C6H11NO2/c7-4-6(1-2-6)5(9)3-8/h3,5,9H,1-2,4,7H2. The van der Waals surface area contributed by atoms with Gasteiger partial charge < -0.3 is 15.6 Å². The number of aliphatic hydroxyl groups excluding tert-OH is 1. The number of rotatable bonds is 3. The first-order chi connectivity index (χ1) is 4.25.